The summed E-state index contributed by atoms with van der Waals surface area (Å²) >= 11 is 0. The van der Waals surface area contributed by atoms with Crippen molar-refractivity contribution in [3.05, 3.63) is 0 Å². The van der Waals surface area contributed by atoms with Crippen molar-refractivity contribution in [2.75, 3.05) is 13.1 Å². The van der Waals surface area contributed by atoms with Crippen LogP contribution in [0, 0.1) is 5.92 Å². The maximum absolute atomic E-state index is 13.1. The first-order valence-corrected chi connectivity index (χ1v) is 12.5. The number of amides is 4. The van der Waals surface area contributed by atoms with E-state index < -0.39 is 41.9 Å². The predicted octanol–water partition coefficient (Wildman–Crippen LogP) is -1.85. The monoisotopic (exact) mass is 510 g/mol. The number of carbonyl (C=O) groups is 5. The van der Waals surface area contributed by atoms with Gasteiger partial charge in [0.1, 0.15) is 24.4 Å². The Kier molecular flexibility index (Phi) is 14.1. The van der Waals surface area contributed by atoms with Crippen LogP contribution in [0.4, 0.5) is 0 Å². The largest absolute Gasteiger partial charge is 0.370 e. The lowest BCUT2D eigenvalue weighted by atomic mass is 10.0. The SMILES string of the molecule is CC(C)C[C@H](NC(=O)[C@H](CCCCN)NC(=O)[C@@H]1CCC(=O)N1)C(=O)N[C@H](C=O)CCCN=C(N)N. The Morgan fingerprint density at radius 3 is 2.31 bits per heavy atom. The van der Waals surface area contributed by atoms with Crippen LogP contribution in [0.3, 0.4) is 0 Å². The van der Waals surface area contributed by atoms with Crippen molar-refractivity contribution >= 4 is 35.9 Å². The van der Waals surface area contributed by atoms with E-state index in [0.717, 1.165) is 0 Å². The molecule has 0 spiro atoms. The van der Waals surface area contributed by atoms with Crippen LogP contribution < -0.4 is 38.5 Å². The molecule has 1 aliphatic heterocycles. The molecule has 1 fully saturated rings. The first-order valence-electron chi connectivity index (χ1n) is 12.5. The van der Waals surface area contributed by atoms with E-state index in [9.17, 15) is 24.0 Å². The fourth-order valence-corrected chi connectivity index (χ4v) is 3.80. The molecule has 4 atom stereocenters. The molecule has 204 valence electrons. The zero-order chi connectivity index (χ0) is 27.1. The van der Waals surface area contributed by atoms with E-state index in [-0.39, 0.29) is 24.2 Å². The minimum Gasteiger partial charge on any atom is -0.370 e. The van der Waals surface area contributed by atoms with Crippen molar-refractivity contribution in [1.29, 1.82) is 0 Å². The number of hydrogen-bond donors (Lipinski definition) is 7. The Morgan fingerprint density at radius 2 is 1.75 bits per heavy atom. The molecule has 13 nitrogen and oxygen atoms in total. The van der Waals surface area contributed by atoms with E-state index in [1.54, 1.807) is 0 Å². The number of carbonyl (C=O) groups excluding carboxylic acids is 5. The first kappa shape index (κ1) is 30.8. The number of aldehydes is 1. The average molecular weight is 511 g/mol. The van der Waals surface area contributed by atoms with Crippen molar-refractivity contribution < 1.29 is 24.0 Å². The summed E-state index contributed by atoms with van der Waals surface area (Å²) in [5.41, 5.74) is 16.1. The Bertz CT molecular complexity index is 784. The van der Waals surface area contributed by atoms with Gasteiger partial charge in [-0.15, -0.1) is 0 Å². The van der Waals surface area contributed by atoms with Crippen LogP contribution in [0.1, 0.15) is 65.2 Å². The molecule has 0 radical (unpaired) electrons. The third-order valence-electron chi connectivity index (χ3n) is 5.69. The summed E-state index contributed by atoms with van der Waals surface area (Å²) in [6.07, 6.45) is 3.97. The van der Waals surface area contributed by atoms with Gasteiger partial charge in [-0.05, 0) is 57.4 Å². The van der Waals surface area contributed by atoms with Gasteiger partial charge in [0.25, 0.3) is 0 Å². The summed E-state index contributed by atoms with van der Waals surface area (Å²) in [7, 11) is 0. The van der Waals surface area contributed by atoms with Crippen molar-refractivity contribution in [2.45, 2.75) is 89.4 Å². The molecule has 1 rings (SSSR count). The number of aliphatic imine (C=N–C) groups is 1. The van der Waals surface area contributed by atoms with Crippen molar-refractivity contribution in [3.63, 3.8) is 0 Å². The second-order valence-corrected chi connectivity index (χ2v) is 9.40. The van der Waals surface area contributed by atoms with E-state index in [4.69, 9.17) is 17.2 Å². The van der Waals surface area contributed by atoms with Crippen molar-refractivity contribution in [3.8, 4) is 0 Å². The molecule has 0 aliphatic carbocycles. The molecular formula is C23H42N8O5. The third-order valence-corrected chi connectivity index (χ3v) is 5.69. The van der Waals surface area contributed by atoms with Gasteiger partial charge in [0, 0.05) is 13.0 Å². The van der Waals surface area contributed by atoms with Crippen molar-refractivity contribution in [2.24, 2.45) is 28.1 Å². The number of guanidine groups is 1. The predicted molar refractivity (Wildman–Crippen MR) is 135 cm³/mol. The fourth-order valence-electron chi connectivity index (χ4n) is 3.80. The lowest BCUT2D eigenvalue weighted by Gasteiger charge is -2.26. The molecule has 4 amide bonds. The van der Waals surface area contributed by atoms with Crippen LogP contribution in [-0.2, 0) is 24.0 Å². The first-order chi connectivity index (χ1) is 17.1. The molecule has 0 aromatic rings. The maximum atomic E-state index is 13.1. The van der Waals surface area contributed by atoms with Crippen LogP contribution in [0.2, 0.25) is 0 Å². The summed E-state index contributed by atoms with van der Waals surface area (Å²) in [5.74, 6) is -1.65. The maximum Gasteiger partial charge on any atom is 0.243 e. The van der Waals surface area contributed by atoms with E-state index in [1.165, 1.54) is 0 Å². The van der Waals surface area contributed by atoms with Gasteiger partial charge in [-0.25, -0.2) is 0 Å². The van der Waals surface area contributed by atoms with Gasteiger partial charge in [0.05, 0.1) is 6.04 Å². The molecule has 0 aromatic carbocycles. The molecule has 1 saturated heterocycles. The molecule has 0 saturated carbocycles. The fraction of sp³-hybridized carbons (Fsp3) is 0.739. The van der Waals surface area contributed by atoms with Crippen LogP contribution in [0.25, 0.3) is 0 Å². The Balaban J connectivity index is 2.84. The summed E-state index contributed by atoms with van der Waals surface area (Å²) in [6, 6.07) is -3.25. The molecule has 0 unspecified atom stereocenters. The third kappa shape index (κ3) is 12.0. The topological polar surface area (TPSA) is 224 Å². The van der Waals surface area contributed by atoms with Crippen LogP contribution >= 0.6 is 0 Å². The average Bonchev–Trinajstić information content (AvgIpc) is 3.25. The van der Waals surface area contributed by atoms with Crippen LogP contribution in [0.5, 0.6) is 0 Å². The number of hydrogen-bond acceptors (Lipinski definition) is 7. The molecule has 36 heavy (non-hydrogen) atoms. The van der Waals surface area contributed by atoms with Gasteiger partial charge >= 0.3 is 0 Å². The Hall–Kier alpha value is -3.22. The zero-order valence-electron chi connectivity index (χ0n) is 21.3. The van der Waals surface area contributed by atoms with Gasteiger partial charge in [-0.3, -0.25) is 24.2 Å². The molecular weight excluding hydrogens is 468 g/mol. The molecule has 13 heteroatoms. The van der Waals surface area contributed by atoms with Crippen molar-refractivity contribution in [1.82, 2.24) is 21.3 Å². The number of nitrogens with two attached hydrogens (primary N) is 3. The second-order valence-electron chi connectivity index (χ2n) is 9.40. The second kappa shape index (κ2) is 16.5. The van der Waals surface area contributed by atoms with E-state index in [0.29, 0.717) is 64.3 Å². The smallest absolute Gasteiger partial charge is 0.243 e. The molecule has 0 bridgehead atoms. The van der Waals surface area contributed by atoms with Gasteiger partial charge in [-0.1, -0.05) is 13.8 Å². The normalized spacial score (nSPS) is 17.4. The Morgan fingerprint density at radius 1 is 1.06 bits per heavy atom. The van der Waals surface area contributed by atoms with E-state index in [1.807, 2.05) is 13.8 Å². The zero-order valence-corrected chi connectivity index (χ0v) is 21.3. The van der Waals surface area contributed by atoms with E-state index in [2.05, 4.69) is 26.3 Å². The number of nitrogens with one attached hydrogen (secondary N) is 4. The van der Waals surface area contributed by atoms with Gasteiger partial charge in [-0.2, -0.15) is 0 Å². The summed E-state index contributed by atoms with van der Waals surface area (Å²) in [4.78, 5) is 65.5. The highest BCUT2D eigenvalue weighted by atomic mass is 16.2. The minimum atomic E-state index is -0.905. The number of nitrogens with zero attached hydrogens (tertiary/aromatic N) is 1. The van der Waals surface area contributed by atoms with Gasteiger partial charge < -0.3 is 43.3 Å². The standard InChI is InChI=1S/C23H42N8O5/c1-14(2)12-18(22(36)28-15(13-32)6-5-11-27-23(25)26)31-20(34)16(7-3-4-10-24)30-21(35)17-8-9-19(33)29-17/h13-18H,3-12,24H2,1-2H3,(H,28,36)(H,29,33)(H,30,35)(H,31,34)(H4,25,26,27)/t15-,16-,17-,18-/m0/s1. The highest BCUT2D eigenvalue weighted by molar-refractivity contribution is 5.95. The van der Waals surface area contributed by atoms with Gasteiger partial charge in [0.15, 0.2) is 5.96 Å². The highest BCUT2D eigenvalue weighted by Crippen LogP contribution is 2.10. The highest BCUT2D eigenvalue weighted by Gasteiger charge is 2.32. The molecule has 0 aromatic heterocycles. The number of unbranched alkanes of at least 4 members (excludes halogenated alkanes) is 1. The summed E-state index contributed by atoms with van der Waals surface area (Å²) < 4.78 is 0. The van der Waals surface area contributed by atoms with Gasteiger partial charge in [0.2, 0.25) is 23.6 Å². The molecule has 1 aliphatic rings. The van der Waals surface area contributed by atoms with Crippen LogP contribution in [0.15, 0.2) is 4.99 Å². The lowest BCUT2D eigenvalue weighted by Crippen LogP contribution is -2.56. The van der Waals surface area contributed by atoms with Crippen LogP contribution in [-0.4, -0.2) is 73.1 Å². The minimum absolute atomic E-state index is 0.0511. The molecule has 1 heterocycles. The van der Waals surface area contributed by atoms with E-state index >= 15 is 0 Å². The summed E-state index contributed by atoms with van der Waals surface area (Å²) in [5, 5.41) is 10.7. The summed E-state index contributed by atoms with van der Waals surface area (Å²) in [6.45, 7) is 4.57. The Labute approximate surface area is 212 Å². The number of rotatable bonds is 17. The quantitative estimate of drug-likeness (QED) is 0.0507. The molecule has 10 N–H and O–H groups in total. The lowest BCUT2D eigenvalue weighted by molar-refractivity contribution is -0.133.